The quantitative estimate of drug-likeness (QED) is 0.602. The van der Waals surface area contributed by atoms with Crippen molar-refractivity contribution < 1.29 is 4.42 Å². The number of rotatable bonds is 3. The van der Waals surface area contributed by atoms with Crippen LogP contribution in [0.3, 0.4) is 0 Å². The Hall–Kier alpha value is -2.71. The number of thiazole rings is 1. The van der Waals surface area contributed by atoms with E-state index in [0.717, 1.165) is 41.4 Å². The number of hydrogen-bond donors (Lipinski definition) is 1. The Morgan fingerprint density at radius 3 is 3.15 bits per heavy atom. The van der Waals surface area contributed by atoms with Crippen LogP contribution in [0.1, 0.15) is 22.6 Å². The van der Waals surface area contributed by atoms with Gasteiger partial charge in [0, 0.05) is 37.6 Å². The summed E-state index contributed by atoms with van der Waals surface area (Å²) in [6.45, 7) is 4.25. The molecule has 132 valence electrons. The second-order valence-electron chi connectivity index (χ2n) is 6.48. The SMILES string of the molecule is Cc1nc2sccn2c1CN1CCc2nc(-c3ccco3)[nH]c(=O)c2C1. The maximum absolute atomic E-state index is 12.6. The monoisotopic (exact) mass is 367 g/mol. The van der Waals surface area contributed by atoms with Gasteiger partial charge in [0.15, 0.2) is 16.5 Å². The van der Waals surface area contributed by atoms with Crippen molar-refractivity contribution in [3.05, 3.63) is 63.0 Å². The summed E-state index contributed by atoms with van der Waals surface area (Å²) in [6.07, 6.45) is 4.38. The molecule has 0 aromatic carbocycles. The number of imidazole rings is 1. The smallest absolute Gasteiger partial charge is 0.256 e. The van der Waals surface area contributed by atoms with Crippen LogP contribution >= 0.6 is 11.3 Å². The number of nitrogens with zero attached hydrogens (tertiary/aromatic N) is 4. The minimum atomic E-state index is -0.0863. The van der Waals surface area contributed by atoms with Gasteiger partial charge in [-0.15, -0.1) is 11.3 Å². The molecule has 26 heavy (non-hydrogen) atoms. The van der Waals surface area contributed by atoms with Crippen LogP contribution in [0.25, 0.3) is 16.5 Å². The molecular formula is C18H17N5O2S. The molecule has 0 radical (unpaired) electrons. The summed E-state index contributed by atoms with van der Waals surface area (Å²) < 4.78 is 7.49. The van der Waals surface area contributed by atoms with E-state index in [1.165, 1.54) is 5.69 Å². The molecule has 4 aromatic rings. The molecule has 4 aromatic heterocycles. The van der Waals surface area contributed by atoms with E-state index in [1.807, 2.05) is 12.3 Å². The lowest BCUT2D eigenvalue weighted by Gasteiger charge is -2.27. The lowest BCUT2D eigenvalue weighted by molar-refractivity contribution is 0.238. The molecule has 8 heteroatoms. The highest BCUT2D eigenvalue weighted by atomic mass is 32.1. The average molecular weight is 367 g/mol. The number of fused-ring (bicyclic) bond motifs is 2. The van der Waals surface area contributed by atoms with Crippen molar-refractivity contribution in [2.45, 2.75) is 26.4 Å². The van der Waals surface area contributed by atoms with Crippen molar-refractivity contribution >= 4 is 16.3 Å². The molecule has 0 unspecified atom stereocenters. The summed E-state index contributed by atoms with van der Waals surface area (Å²) in [7, 11) is 0. The third-order valence-corrected chi connectivity index (χ3v) is 5.59. The number of hydrogen-bond acceptors (Lipinski definition) is 6. The summed E-state index contributed by atoms with van der Waals surface area (Å²) in [5, 5.41) is 2.04. The van der Waals surface area contributed by atoms with Crippen molar-refractivity contribution in [1.82, 2.24) is 24.3 Å². The van der Waals surface area contributed by atoms with Gasteiger partial charge in [0.05, 0.1) is 28.9 Å². The molecular weight excluding hydrogens is 350 g/mol. The van der Waals surface area contributed by atoms with Crippen molar-refractivity contribution in [2.24, 2.45) is 0 Å². The molecule has 0 bridgehead atoms. The molecule has 0 saturated carbocycles. The van der Waals surface area contributed by atoms with Crippen molar-refractivity contribution in [3.8, 4) is 11.6 Å². The number of aromatic amines is 1. The van der Waals surface area contributed by atoms with E-state index in [2.05, 4.69) is 30.4 Å². The van der Waals surface area contributed by atoms with E-state index < -0.39 is 0 Å². The van der Waals surface area contributed by atoms with Crippen LogP contribution in [0.4, 0.5) is 0 Å². The van der Waals surface area contributed by atoms with Crippen LogP contribution in [-0.2, 0) is 19.5 Å². The molecule has 0 saturated heterocycles. The van der Waals surface area contributed by atoms with Gasteiger partial charge >= 0.3 is 0 Å². The average Bonchev–Trinajstić information content (AvgIpc) is 3.35. The fourth-order valence-corrected chi connectivity index (χ4v) is 4.27. The highest BCUT2D eigenvalue weighted by Gasteiger charge is 2.23. The number of H-pyrrole nitrogens is 1. The Morgan fingerprint density at radius 2 is 2.31 bits per heavy atom. The Morgan fingerprint density at radius 1 is 1.38 bits per heavy atom. The van der Waals surface area contributed by atoms with E-state index in [9.17, 15) is 4.79 Å². The second-order valence-corrected chi connectivity index (χ2v) is 7.35. The molecule has 5 heterocycles. The molecule has 0 atom stereocenters. The van der Waals surface area contributed by atoms with Gasteiger partial charge in [-0.1, -0.05) is 0 Å². The predicted octanol–water partition coefficient (Wildman–Crippen LogP) is 2.61. The van der Waals surface area contributed by atoms with Crippen LogP contribution in [0.2, 0.25) is 0 Å². The fraction of sp³-hybridized carbons (Fsp3) is 0.278. The Kier molecular flexibility index (Phi) is 3.54. The van der Waals surface area contributed by atoms with Gasteiger partial charge in [0.1, 0.15) is 0 Å². The van der Waals surface area contributed by atoms with Crippen LogP contribution in [0.15, 0.2) is 39.2 Å². The Bertz CT molecular complexity index is 1140. The first kappa shape index (κ1) is 15.5. The van der Waals surface area contributed by atoms with Gasteiger partial charge < -0.3 is 9.40 Å². The Labute approximate surface area is 152 Å². The third kappa shape index (κ3) is 2.49. The molecule has 1 aliphatic heterocycles. The zero-order valence-corrected chi connectivity index (χ0v) is 15.0. The zero-order chi connectivity index (χ0) is 17.7. The van der Waals surface area contributed by atoms with Crippen LogP contribution in [-0.4, -0.2) is 30.8 Å². The molecule has 7 nitrogen and oxygen atoms in total. The molecule has 0 amide bonds. The summed E-state index contributed by atoms with van der Waals surface area (Å²) >= 11 is 1.64. The van der Waals surface area contributed by atoms with Gasteiger partial charge in [0.25, 0.3) is 5.56 Å². The van der Waals surface area contributed by atoms with Crippen molar-refractivity contribution in [3.63, 3.8) is 0 Å². The molecule has 0 aliphatic carbocycles. The normalized spacial score (nSPS) is 14.8. The van der Waals surface area contributed by atoms with Crippen molar-refractivity contribution in [2.75, 3.05) is 6.54 Å². The zero-order valence-electron chi connectivity index (χ0n) is 14.2. The van der Waals surface area contributed by atoms with Crippen LogP contribution in [0, 0.1) is 6.92 Å². The highest BCUT2D eigenvalue weighted by Crippen LogP contribution is 2.22. The maximum atomic E-state index is 12.6. The second kappa shape index (κ2) is 5.93. The minimum absolute atomic E-state index is 0.0863. The largest absolute Gasteiger partial charge is 0.461 e. The van der Waals surface area contributed by atoms with E-state index in [4.69, 9.17) is 4.42 Å². The maximum Gasteiger partial charge on any atom is 0.256 e. The minimum Gasteiger partial charge on any atom is -0.461 e. The topological polar surface area (TPSA) is 79.4 Å². The van der Waals surface area contributed by atoms with E-state index >= 15 is 0 Å². The molecule has 0 spiro atoms. The highest BCUT2D eigenvalue weighted by molar-refractivity contribution is 7.15. The predicted molar refractivity (Wildman–Crippen MR) is 98.2 cm³/mol. The first-order valence-electron chi connectivity index (χ1n) is 8.48. The van der Waals surface area contributed by atoms with Gasteiger partial charge in [-0.2, -0.15) is 0 Å². The van der Waals surface area contributed by atoms with Gasteiger partial charge in [-0.25, -0.2) is 9.97 Å². The lowest BCUT2D eigenvalue weighted by atomic mass is 10.1. The fourth-order valence-electron chi connectivity index (χ4n) is 3.49. The molecule has 0 fully saturated rings. The first-order valence-corrected chi connectivity index (χ1v) is 9.36. The van der Waals surface area contributed by atoms with E-state index in [1.54, 1.807) is 29.7 Å². The van der Waals surface area contributed by atoms with E-state index in [-0.39, 0.29) is 5.56 Å². The number of aromatic nitrogens is 4. The van der Waals surface area contributed by atoms with Crippen LogP contribution in [0.5, 0.6) is 0 Å². The number of furan rings is 1. The third-order valence-electron chi connectivity index (χ3n) is 4.84. The summed E-state index contributed by atoms with van der Waals surface area (Å²) in [6, 6.07) is 3.59. The summed E-state index contributed by atoms with van der Waals surface area (Å²) in [5.74, 6) is 1.08. The molecule has 5 rings (SSSR count). The molecule has 1 aliphatic rings. The summed E-state index contributed by atoms with van der Waals surface area (Å²) in [4.78, 5) is 27.9. The van der Waals surface area contributed by atoms with E-state index in [0.29, 0.717) is 18.1 Å². The Balaban J connectivity index is 1.44. The molecule has 1 N–H and O–H groups in total. The lowest BCUT2D eigenvalue weighted by Crippen LogP contribution is -2.35. The van der Waals surface area contributed by atoms with Gasteiger partial charge in [-0.05, 0) is 19.1 Å². The van der Waals surface area contributed by atoms with Crippen LogP contribution < -0.4 is 5.56 Å². The van der Waals surface area contributed by atoms with Crippen molar-refractivity contribution in [1.29, 1.82) is 0 Å². The summed E-state index contributed by atoms with van der Waals surface area (Å²) in [5.41, 5.74) is 3.75. The van der Waals surface area contributed by atoms with Gasteiger partial charge in [-0.3, -0.25) is 14.1 Å². The van der Waals surface area contributed by atoms with Gasteiger partial charge in [0.2, 0.25) is 0 Å². The number of nitrogens with one attached hydrogen (secondary N) is 1. The first-order chi connectivity index (χ1) is 12.7. The standard InChI is InChI=1S/C18H17N5O2S/c1-11-14(23-6-8-26-18(23)19-11)10-22-5-4-13-12(9-22)17(24)21-16(20-13)15-3-2-7-25-15/h2-3,6-8H,4-5,9-10H2,1H3,(H,20,21,24). The number of aryl methyl sites for hydroxylation is 1.